The molecule has 1 saturated heterocycles. The Hall–Kier alpha value is -0.0800. The highest BCUT2D eigenvalue weighted by Gasteiger charge is 2.24. The Morgan fingerprint density at radius 1 is 1.45 bits per heavy atom. The van der Waals surface area contributed by atoms with Crippen molar-refractivity contribution in [3.05, 3.63) is 0 Å². The van der Waals surface area contributed by atoms with E-state index in [9.17, 15) is 0 Å². The van der Waals surface area contributed by atoms with E-state index in [1.807, 2.05) is 0 Å². The highest BCUT2D eigenvalue weighted by molar-refractivity contribution is 4.72. The molecule has 1 aliphatic heterocycles. The lowest BCUT2D eigenvalue weighted by atomic mass is 9.90. The van der Waals surface area contributed by atoms with Crippen molar-refractivity contribution in [1.82, 2.24) is 0 Å². The zero-order valence-electron chi connectivity index (χ0n) is 7.67. The summed E-state index contributed by atoms with van der Waals surface area (Å²) in [6, 6.07) is 0. The summed E-state index contributed by atoms with van der Waals surface area (Å²) >= 11 is 0. The molecule has 0 amide bonds. The predicted molar refractivity (Wildman–Crippen MR) is 44.6 cm³/mol. The quantitative estimate of drug-likeness (QED) is 0.609. The largest absolute Gasteiger partial charge is 0.384 e. The molecule has 0 aromatic rings. The molecule has 0 bridgehead atoms. The van der Waals surface area contributed by atoms with Crippen LogP contribution in [0.1, 0.15) is 20.3 Å². The van der Waals surface area contributed by atoms with Crippen LogP contribution < -0.4 is 0 Å². The van der Waals surface area contributed by atoms with Crippen LogP contribution in [0.5, 0.6) is 0 Å². The van der Waals surface area contributed by atoms with Crippen molar-refractivity contribution in [2.24, 2.45) is 11.8 Å². The molecule has 1 heterocycles. The summed E-state index contributed by atoms with van der Waals surface area (Å²) in [6.07, 6.45) is 1.68. The van der Waals surface area contributed by atoms with Crippen molar-refractivity contribution in [3.8, 4) is 0 Å². The second-order valence-corrected chi connectivity index (χ2v) is 3.57. The lowest BCUT2D eigenvalue weighted by Gasteiger charge is -2.31. The van der Waals surface area contributed by atoms with Gasteiger partial charge >= 0.3 is 0 Å². The van der Waals surface area contributed by atoms with Crippen LogP contribution in [0.3, 0.4) is 0 Å². The molecule has 1 aliphatic rings. The molecule has 1 unspecified atom stereocenters. The molecule has 1 fully saturated rings. The number of ether oxygens (including phenoxy) is 2. The average Bonchev–Trinajstić information content (AvgIpc) is 1.98. The van der Waals surface area contributed by atoms with Crippen molar-refractivity contribution in [2.45, 2.75) is 26.4 Å². The maximum atomic E-state index is 5.58. The summed E-state index contributed by atoms with van der Waals surface area (Å²) in [7, 11) is 1.75. The minimum absolute atomic E-state index is 0.433. The molecule has 0 N–H and O–H groups in total. The summed E-state index contributed by atoms with van der Waals surface area (Å²) < 4.78 is 10.7. The highest BCUT2D eigenvalue weighted by Crippen LogP contribution is 2.24. The number of methoxy groups -OCH3 is 1. The zero-order valence-corrected chi connectivity index (χ0v) is 7.67. The third-order valence-corrected chi connectivity index (χ3v) is 2.50. The highest BCUT2D eigenvalue weighted by atomic mass is 16.5. The van der Waals surface area contributed by atoms with Gasteiger partial charge in [0.15, 0.2) is 0 Å². The molecule has 3 atom stereocenters. The van der Waals surface area contributed by atoms with Crippen LogP contribution in [0, 0.1) is 11.8 Å². The minimum Gasteiger partial charge on any atom is -0.384 e. The van der Waals surface area contributed by atoms with E-state index in [0.717, 1.165) is 13.2 Å². The molecule has 2 heteroatoms. The number of hydrogen-bond acceptors (Lipinski definition) is 2. The van der Waals surface area contributed by atoms with E-state index in [1.54, 1.807) is 7.11 Å². The summed E-state index contributed by atoms with van der Waals surface area (Å²) in [5, 5.41) is 0. The fourth-order valence-electron chi connectivity index (χ4n) is 1.59. The molecular weight excluding hydrogens is 140 g/mol. The van der Waals surface area contributed by atoms with Gasteiger partial charge in [-0.25, -0.2) is 0 Å². The first-order chi connectivity index (χ1) is 5.24. The molecule has 66 valence electrons. The van der Waals surface area contributed by atoms with E-state index in [1.165, 1.54) is 6.42 Å². The van der Waals surface area contributed by atoms with Crippen molar-refractivity contribution in [2.75, 3.05) is 20.3 Å². The number of hydrogen-bond donors (Lipinski definition) is 0. The third kappa shape index (κ3) is 2.46. The van der Waals surface area contributed by atoms with Gasteiger partial charge in [0.2, 0.25) is 0 Å². The van der Waals surface area contributed by atoms with Crippen molar-refractivity contribution < 1.29 is 9.47 Å². The van der Waals surface area contributed by atoms with E-state index >= 15 is 0 Å². The average molecular weight is 158 g/mol. The van der Waals surface area contributed by atoms with Crippen LogP contribution >= 0.6 is 0 Å². The molecule has 0 spiro atoms. The molecule has 0 aromatic heterocycles. The van der Waals surface area contributed by atoms with E-state index in [0.29, 0.717) is 17.9 Å². The van der Waals surface area contributed by atoms with Crippen molar-refractivity contribution >= 4 is 0 Å². The summed E-state index contributed by atoms with van der Waals surface area (Å²) in [5.74, 6) is 1.30. The molecule has 0 aliphatic carbocycles. The van der Waals surface area contributed by atoms with Gasteiger partial charge in [-0.3, -0.25) is 0 Å². The predicted octanol–water partition coefficient (Wildman–Crippen LogP) is 1.69. The maximum Gasteiger partial charge on any atom is 0.0572 e. The Bertz CT molecular complexity index is 114. The van der Waals surface area contributed by atoms with Gasteiger partial charge in [-0.1, -0.05) is 6.92 Å². The van der Waals surface area contributed by atoms with Crippen molar-refractivity contribution in [1.29, 1.82) is 0 Å². The van der Waals surface area contributed by atoms with Gasteiger partial charge in [-0.15, -0.1) is 0 Å². The van der Waals surface area contributed by atoms with Crippen LogP contribution in [0.25, 0.3) is 0 Å². The monoisotopic (exact) mass is 158 g/mol. The topological polar surface area (TPSA) is 18.5 Å². The molecule has 0 aromatic carbocycles. The normalized spacial score (nSPS) is 39.0. The zero-order chi connectivity index (χ0) is 8.27. The van der Waals surface area contributed by atoms with Gasteiger partial charge in [0.05, 0.1) is 19.3 Å². The Morgan fingerprint density at radius 2 is 2.18 bits per heavy atom. The molecule has 0 radical (unpaired) electrons. The fourth-order valence-corrected chi connectivity index (χ4v) is 1.59. The van der Waals surface area contributed by atoms with Gasteiger partial charge in [-0.05, 0) is 19.3 Å². The first-order valence-corrected chi connectivity index (χ1v) is 4.34. The van der Waals surface area contributed by atoms with Gasteiger partial charge in [-0.2, -0.15) is 0 Å². The smallest absolute Gasteiger partial charge is 0.0572 e. The van der Waals surface area contributed by atoms with Crippen LogP contribution in [-0.2, 0) is 9.47 Å². The molecule has 11 heavy (non-hydrogen) atoms. The molecule has 1 rings (SSSR count). The van der Waals surface area contributed by atoms with E-state index in [-0.39, 0.29) is 0 Å². The molecule has 0 saturated carbocycles. The standard InChI is InChI=1S/C9H18O2/c1-7-4-9(5-10-3)6-11-8(7)2/h7-9H,4-6H2,1-3H3/t7-,8-,9?/m0/s1. The SMILES string of the molecule is COCC1CO[C@@H](C)[C@@H](C)C1. The third-order valence-electron chi connectivity index (χ3n) is 2.50. The maximum absolute atomic E-state index is 5.58. The number of rotatable bonds is 2. The second kappa shape index (κ2) is 4.07. The van der Waals surface area contributed by atoms with E-state index in [4.69, 9.17) is 9.47 Å². The van der Waals surface area contributed by atoms with Crippen LogP contribution in [0.2, 0.25) is 0 Å². The lowest BCUT2D eigenvalue weighted by molar-refractivity contribution is -0.0574. The Morgan fingerprint density at radius 3 is 2.73 bits per heavy atom. The van der Waals surface area contributed by atoms with Gasteiger partial charge in [0, 0.05) is 13.0 Å². The summed E-state index contributed by atoms with van der Waals surface area (Å²) in [5.41, 5.74) is 0. The minimum atomic E-state index is 0.433. The van der Waals surface area contributed by atoms with E-state index in [2.05, 4.69) is 13.8 Å². The van der Waals surface area contributed by atoms with E-state index < -0.39 is 0 Å². The van der Waals surface area contributed by atoms with Crippen molar-refractivity contribution in [3.63, 3.8) is 0 Å². The molecular formula is C9H18O2. The van der Waals surface area contributed by atoms with Crippen LogP contribution in [-0.4, -0.2) is 26.4 Å². The second-order valence-electron chi connectivity index (χ2n) is 3.57. The fraction of sp³-hybridized carbons (Fsp3) is 1.00. The van der Waals surface area contributed by atoms with Crippen LogP contribution in [0.15, 0.2) is 0 Å². The Kier molecular flexibility index (Phi) is 3.34. The van der Waals surface area contributed by atoms with Gasteiger partial charge < -0.3 is 9.47 Å². The summed E-state index contributed by atoms with van der Waals surface area (Å²) in [6.45, 7) is 6.11. The van der Waals surface area contributed by atoms with Gasteiger partial charge in [0.25, 0.3) is 0 Å². The Balaban J connectivity index is 2.28. The Labute approximate surface area is 68.9 Å². The van der Waals surface area contributed by atoms with Gasteiger partial charge in [0.1, 0.15) is 0 Å². The first-order valence-electron chi connectivity index (χ1n) is 4.34. The summed E-state index contributed by atoms with van der Waals surface area (Å²) in [4.78, 5) is 0. The lowest BCUT2D eigenvalue weighted by Crippen LogP contribution is -2.32. The first kappa shape index (κ1) is 9.01. The van der Waals surface area contributed by atoms with Crippen LogP contribution in [0.4, 0.5) is 0 Å². The molecule has 2 nitrogen and oxygen atoms in total.